The number of benzene rings is 1. The Kier molecular flexibility index (Phi) is 4.13. The highest BCUT2D eigenvalue weighted by Crippen LogP contribution is 2.08. The second kappa shape index (κ2) is 5.69. The molecule has 0 spiro atoms. The molecule has 1 rings (SSSR count). The van der Waals surface area contributed by atoms with Crippen LogP contribution >= 0.6 is 0 Å². The molecule has 5 heteroatoms. The van der Waals surface area contributed by atoms with Gasteiger partial charge in [0.1, 0.15) is 12.9 Å². The summed E-state index contributed by atoms with van der Waals surface area (Å²) >= 11 is 0. The van der Waals surface area contributed by atoms with E-state index in [-0.39, 0.29) is 5.82 Å². The van der Waals surface area contributed by atoms with Gasteiger partial charge in [0.2, 0.25) is 0 Å². The SMILES string of the molecule is CO/N=C/C=N/Nc1cccc(F)c1. The van der Waals surface area contributed by atoms with Crippen molar-refractivity contribution in [3.05, 3.63) is 30.1 Å². The molecule has 0 amide bonds. The van der Waals surface area contributed by atoms with Gasteiger partial charge in [0.15, 0.2) is 0 Å². The van der Waals surface area contributed by atoms with Crippen molar-refractivity contribution in [1.29, 1.82) is 0 Å². The van der Waals surface area contributed by atoms with E-state index in [1.54, 1.807) is 12.1 Å². The van der Waals surface area contributed by atoms with E-state index in [1.807, 2.05) is 0 Å². The normalized spacial score (nSPS) is 11.0. The van der Waals surface area contributed by atoms with Crippen LogP contribution in [0.3, 0.4) is 0 Å². The molecule has 74 valence electrons. The number of nitrogens with zero attached hydrogens (tertiary/aromatic N) is 2. The van der Waals surface area contributed by atoms with E-state index in [2.05, 4.69) is 20.5 Å². The Morgan fingerprint density at radius 1 is 1.43 bits per heavy atom. The van der Waals surface area contributed by atoms with Crippen LogP contribution in [-0.4, -0.2) is 19.5 Å². The van der Waals surface area contributed by atoms with Crippen LogP contribution in [0.4, 0.5) is 10.1 Å². The molecular weight excluding hydrogens is 185 g/mol. The van der Waals surface area contributed by atoms with Gasteiger partial charge < -0.3 is 4.84 Å². The Hall–Kier alpha value is -1.91. The zero-order chi connectivity index (χ0) is 10.2. The van der Waals surface area contributed by atoms with Crippen LogP contribution in [0, 0.1) is 5.82 Å². The molecule has 0 heterocycles. The van der Waals surface area contributed by atoms with Gasteiger partial charge in [0.05, 0.1) is 18.1 Å². The van der Waals surface area contributed by atoms with Crippen molar-refractivity contribution >= 4 is 18.1 Å². The van der Waals surface area contributed by atoms with E-state index >= 15 is 0 Å². The lowest BCUT2D eigenvalue weighted by Crippen LogP contribution is -1.90. The molecule has 0 aliphatic heterocycles. The van der Waals surface area contributed by atoms with Gasteiger partial charge in [-0.2, -0.15) is 5.10 Å². The summed E-state index contributed by atoms with van der Waals surface area (Å²) in [5.41, 5.74) is 3.20. The van der Waals surface area contributed by atoms with Crippen molar-refractivity contribution in [1.82, 2.24) is 0 Å². The summed E-state index contributed by atoms with van der Waals surface area (Å²) < 4.78 is 12.7. The number of halogens is 1. The van der Waals surface area contributed by atoms with Crippen LogP contribution in [-0.2, 0) is 4.84 Å². The van der Waals surface area contributed by atoms with Crippen molar-refractivity contribution in [2.24, 2.45) is 10.3 Å². The fourth-order valence-electron chi connectivity index (χ4n) is 0.791. The van der Waals surface area contributed by atoms with Crippen LogP contribution in [0.25, 0.3) is 0 Å². The van der Waals surface area contributed by atoms with Gasteiger partial charge >= 0.3 is 0 Å². The summed E-state index contributed by atoms with van der Waals surface area (Å²) in [6, 6.07) is 6.00. The second-order valence-electron chi connectivity index (χ2n) is 2.34. The number of hydrogen-bond donors (Lipinski definition) is 1. The molecule has 0 aliphatic rings. The van der Waals surface area contributed by atoms with Crippen LogP contribution in [0.5, 0.6) is 0 Å². The van der Waals surface area contributed by atoms with Gasteiger partial charge in [0.25, 0.3) is 0 Å². The molecule has 0 fully saturated rings. The minimum Gasteiger partial charge on any atom is -0.399 e. The number of rotatable bonds is 4. The standard InChI is InChI=1S/C9H10FN3O/c1-14-12-6-5-11-13-9-4-2-3-8(10)7-9/h2-7,13H,1H3/b11-5+,12-6+. The summed E-state index contributed by atoms with van der Waals surface area (Å²) in [5.74, 6) is -0.309. The summed E-state index contributed by atoms with van der Waals surface area (Å²) in [4.78, 5) is 4.40. The molecule has 0 aliphatic carbocycles. The molecule has 0 aromatic heterocycles. The molecule has 0 unspecified atom stereocenters. The van der Waals surface area contributed by atoms with Gasteiger partial charge in [-0.1, -0.05) is 11.2 Å². The third-order valence-electron chi connectivity index (χ3n) is 1.33. The maximum atomic E-state index is 12.7. The topological polar surface area (TPSA) is 46.0 Å². The van der Waals surface area contributed by atoms with Gasteiger partial charge in [-0.25, -0.2) is 4.39 Å². The Morgan fingerprint density at radius 2 is 2.29 bits per heavy atom. The zero-order valence-electron chi connectivity index (χ0n) is 7.64. The van der Waals surface area contributed by atoms with E-state index in [1.165, 1.54) is 31.7 Å². The average molecular weight is 195 g/mol. The van der Waals surface area contributed by atoms with Crippen LogP contribution < -0.4 is 5.43 Å². The lowest BCUT2D eigenvalue weighted by Gasteiger charge is -1.97. The van der Waals surface area contributed by atoms with E-state index in [0.717, 1.165) is 0 Å². The number of hydrogen-bond acceptors (Lipinski definition) is 4. The highest BCUT2D eigenvalue weighted by Gasteiger charge is 1.90. The first-order valence-electron chi connectivity index (χ1n) is 3.92. The Balaban J connectivity index is 2.45. The summed E-state index contributed by atoms with van der Waals surface area (Å²) in [6.45, 7) is 0. The highest BCUT2D eigenvalue weighted by molar-refractivity contribution is 6.15. The van der Waals surface area contributed by atoms with Gasteiger partial charge in [0, 0.05) is 0 Å². The first-order chi connectivity index (χ1) is 6.83. The zero-order valence-corrected chi connectivity index (χ0v) is 7.64. The first-order valence-corrected chi connectivity index (χ1v) is 3.92. The Bertz CT molecular complexity index is 339. The first kappa shape index (κ1) is 10.2. The van der Waals surface area contributed by atoms with E-state index in [0.29, 0.717) is 5.69 Å². The lowest BCUT2D eigenvalue weighted by molar-refractivity contribution is 0.216. The smallest absolute Gasteiger partial charge is 0.125 e. The molecule has 0 radical (unpaired) electrons. The predicted molar refractivity (Wildman–Crippen MR) is 54.0 cm³/mol. The molecule has 14 heavy (non-hydrogen) atoms. The number of oxime groups is 1. The maximum Gasteiger partial charge on any atom is 0.125 e. The largest absolute Gasteiger partial charge is 0.399 e. The van der Waals surface area contributed by atoms with E-state index < -0.39 is 0 Å². The average Bonchev–Trinajstić information content (AvgIpc) is 2.18. The van der Waals surface area contributed by atoms with Crippen LogP contribution in [0.2, 0.25) is 0 Å². The Morgan fingerprint density at radius 3 is 3.00 bits per heavy atom. The Labute approximate surface area is 81.1 Å². The molecule has 4 nitrogen and oxygen atoms in total. The highest BCUT2D eigenvalue weighted by atomic mass is 19.1. The summed E-state index contributed by atoms with van der Waals surface area (Å²) in [6.07, 6.45) is 2.76. The molecule has 0 atom stereocenters. The van der Waals surface area contributed by atoms with Crippen molar-refractivity contribution in [3.8, 4) is 0 Å². The van der Waals surface area contributed by atoms with Crippen LogP contribution in [0.1, 0.15) is 0 Å². The monoisotopic (exact) mass is 195 g/mol. The fourth-order valence-corrected chi connectivity index (χ4v) is 0.791. The van der Waals surface area contributed by atoms with Gasteiger partial charge in [-0.15, -0.1) is 0 Å². The molecule has 0 saturated carbocycles. The molecule has 1 aromatic carbocycles. The number of nitrogens with one attached hydrogen (secondary N) is 1. The maximum absolute atomic E-state index is 12.7. The molecule has 0 bridgehead atoms. The summed E-state index contributed by atoms with van der Waals surface area (Å²) in [7, 11) is 1.43. The minimum atomic E-state index is -0.309. The third kappa shape index (κ3) is 3.66. The predicted octanol–water partition coefficient (Wildman–Crippen LogP) is 1.86. The molecule has 1 aromatic rings. The number of anilines is 1. The van der Waals surface area contributed by atoms with E-state index in [9.17, 15) is 4.39 Å². The van der Waals surface area contributed by atoms with E-state index in [4.69, 9.17) is 0 Å². The van der Waals surface area contributed by atoms with Crippen LogP contribution in [0.15, 0.2) is 34.5 Å². The summed E-state index contributed by atoms with van der Waals surface area (Å²) in [5, 5.41) is 7.18. The van der Waals surface area contributed by atoms with Crippen molar-refractivity contribution in [3.63, 3.8) is 0 Å². The molecule has 1 N–H and O–H groups in total. The lowest BCUT2D eigenvalue weighted by atomic mass is 10.3. The van der Waals surface area contributed by atoms with Gasteiger partial charge in [-0.05, 0) is 18.2 Å². The van der Waals surface area contributed by atoms with Crippen molar-refractivity contribution in [2.45, 2.75) is 0 Å². The minimum absolute atomic E-state index is 0.309. The number of hydrazone groups is 1. The van der Waals surface area contributed by atoms with Crippen molar-refractivity contribution in [2.75, 3.05) is 12.5 Å². The molecular formula is C9H10FN3O. The quantitative estimate of drug-likeness (QED) is 0.588. The second-order valence-corrected chi connectivity index (χ2v) is 2.34. The fraction of sp³-hybridized carbons (Fsp3) is 0.111. The van der Waals surface area contributed by atoms with Gasteiger partial charge in [-0.3, -0.25) is 5.43 Å². The third-order valence-corrected chi connectivity index (χ3v) is 1.33. The molecule has 0 saturated heterocycles. The van der Waals surface area contributed by atoms with Crippen molar-refractivity contribution < 1.29 is 9.23 Å².